The van der Waals surface area contributed by atoms with Crippen LogP contribution in [-0.4, -0.2) is 48.6 Å². The zero-order chi connectivity index (χ0) is 23.3. The van der Waals surface area contributed by atoms with Crippen LogP contribution in [0.15, 0.2) is 52.1 Å². The molecule has 1 N–H and O–H groups in total. The van der Waals surface area contributed by atoms with Crippen molar-refractivity contribution >= 4 is 11.7 Å². The van der Waals surface area contributed by atoms with Crippen LogP contribution in [0.25, 0.3) is 0 Å². The van der Waals surface area contributed by atoms with E-state index < -0.39 is 23.5 Å². The molecule has 172 valence electrons. The van der Waals surface area contributed by atoms with Gasteiger partial charge in [-0.2, -0.15) is 0 Å². The summed E-state index contributed by atoms with van der Waals surface area (Å²) in [7, 11) is 1.59. The summed E-state index contributed by atoms with van der Waals surface area (Å²) >= 11 is 0. The highest BCUT2D eigenvalue weighted by atomic mass is 16.5. The Labute approximate surface area is 188 Å². The van der Waals surface area contributed by atoms with Crippen LogP contribution in [0.5, 0.6) is 5.75 Å². The SMILES string of the molecule is COCCCN1C(=O)C(O)=C(C(=O)c2ccc(C)o2)C1c1cccc(OCCC(C)C)c1. The Bertz CT molecular complexity index is 990. The van der Waals surface area contributed by atoms with E-state index in [1.807, 2.05) is 24.3 Å². The first-order valence-electron chi connectivity index (χ1n) is 10.9. The van der Waals surface area contributed by atoms with Crippen molar-refractivity contribution in [2.24, 2.45) is 5.92 Å². The molecule has 2 aromatic rings. The highest BCUT2D eigenvalue weighted by Gasteiger charge is 2.44. The van der Waals surface area contributed by atoms with Gasteiger partial charge in [0.25, 0.3) is 5.91 Å². The molecule has 1 aromatic carbocycles. The number of furan rings is 1. The Morgan fingerprint density at radius 1 is 1.22 bits per heavy atom. The number of amides is 1. The molecule has 32 heavy (non-hydrogen) atoms. The number of ether oxygens (including phenoxy) is 2. The topological polar surface area (TPSA) is 89.2 Å². The molecule has 0 aliphatic carbocycles. The normalized spacial score (nSPS) is 16.3. The molecule has 1 aliphatic heterocycles. The summed E-state index contributed by atoms with van der Waals surface area (Å²) in [4.78, 5) is 27.7. The Hall–Kier alpha value is -3.06. The number of hydrogen-bond acceptors (Lipinski definition) is 6. The number of Topliss-reactive ketones (excluding diaryl/α,β-unsaturated/α-hetero) is 1. The van der Waals surface area contributed by atoms with E-state index >= 15 is 0 Å². The Morgan fingerprint density at radius 3 is 2.66 bits per heavy atom. The van der Waals surface area contributed by atoms with Crippen molar-refractivity contribution < 1.29 is 28.6 Å². The summed E-state index contributed by atoms with van der Waals surface area (Å²) in [5, 5.41) is 10.7. The van der Waals surface area contributed by atoms with Crippen LogP contribution >= 0.6 is 0 Å². The lowest BCUT2D eigenvalue weighted by Crippen LogP contribution is -2.32. The molecule has 0 spiro atoms. The summed E-state index contributed by atoms with van der Waals surface area (Å²) in [6.45, 7) is 7.34. The molecule has 1 amide bonds. The molecular formula is C25H31NO6. The van der Waals surface area contributed by atoms with Crippen molar-refractivity contribution in [3.8, 4) is 5.75 Å². The second-order valence-corrected chi connectivity index (χ2v) is 8.35. The Morgan fingerprint density at radius 2 is 2.00 bits per heavy atom. The molecule has 7 heteroatoms. The van der Waals surface area contributed by atoms with Gasteiger partial charge < -0.3 is 23.9 Å². The Kier molecular flexibility index (Phi) is 7.75. The van der Waals surface area contributed by atoms with Crippen LogP contribution in [-0.2, 0) is 9.53 Å². The van der Waals surface area contributed by atoms with E-state index in [9.17, 15) is 14.7 Å². The second-order valence-electron chi connectivity index (χ2n) is 8.35. The molecule has 0 saturated carbocycles. The van der Waals surface area contributed by atoms with Crippen LogP contribution in [0.1, 0.15) is 54.6 Å². The molecule has 1 unspecified atom stereocenters. The van der Waals surface area contributed by atoms with Gasteiger partial charge in [-0.05, 0) is 55.5 Å². The molecule has 0 fully saturated rings. The fraction of sp³-hybridized carbons (Fsp3) is 0.440. The summed E-state index contributed by atoms with van der Waals surface area (Å²) in [5.41, 5.74) is 0.703. The maximum absolute atomic E-state index is 13.3. The van der Waals surface area contributed by atoms with Gasteiger partial charge >= 0.3 is 0 Å². The van der Waals surface area contributed by atoms with Crippen molar-refractivity contribution in [2.75, 3.05) is 26.9 Å². The van der Waals surface area contributed by atoms with Crippen molar-refractivity contribution in [2.45, 2.75) is 39.7 Å². The number of aliphatic hydroxyl groups is 1. The molecule has 1 aromatic heterocycles. The quantitative estimate of drug-likeness (QED) is 0.404. The third-order valence-electron chi connectivity index (χ3n) is 5.40. The van der Waals surface area contributed by atoms with E-state index in [0.29, 0.717) is 49.2 Å². The molecule has 7 nitrogen and oxygen atoms in total. The predicted octanol–water partition coefficient (Wildman–Crippen LogP) is 4.63. The van der Waals surface area contributed by atoms with Gasteiger partial charge in [0, 0.05) is 20.3 Å². The zero-order valence-corrected chi connectivity index (χ0v) is 19.1. The van der Waals surface area contributed by atoms with E-state index in [1.54, 1.807) is 26.2 Å². The number of carbonyl (C=O) groups is 2. The molecule has 0 radical (unpaired) electrons. The predicted molar refractivity (Wildman–Crippen MR) is 120 cm³/mol. The number of ketones is 1. The first-order valence-corrected chi connectivity index (χ1v) is 10.9. The van der Waals surface area contributed by atoms with Crippen LogP contribution in [0.2, 0.25) is 0 Å². The zero-order valence-electron chi connectivity index (χ0n) is 19.1. The summed E-state index contributed by atoms with van der Waals surface area (Å²) in [6, 6.07) is 9.81. The number of methoxy groups -OCH3 is 1. The van der Waals surface area contributed by atoms with Crippen LogP contribution in [0.3, 0.4) is 0 Å². The molecule has 1 aliphatic rings. The van der Waals surface area contributed by atoms with Gasteiger partial charge in [-0.25, -0.2) is 0 Å². The maximum Gasteiger partial charge on any atom is 0.290 e. The summed E-state index contributed by atoms with van der Waals surface area (Å²) < 4.78 is 16.5. The molecule has 0 saturated heterocycles. The highest BCUT2D eigenvalue weighted by molar-refractivity contribution is 6.15. The average molecular weight is 442 g/mol. The summed E-state index contributed by atoms with van der Waals surface area (Å²) in [6.07, 6.45) is 1.48. The number of hydrogen-bond donors (Lipinski definition) is 1. The first-order chi connectivity index (χ1) is 15.3. The number of benzene rings is 1. The van der Waals surface area contributed by atoms with Gasteiger partial charge in [0.2, 0.25) is 5.78 Å². The van der Waals surface area contributed by atoms with Crippen molar-refractivity contribution in [3.05, 3.63) is 64.8 Å². The van der Waals surface area contributed by atoms with Crippen LogP contribution < -0.4 is 4.74 Å². The van der Waals surface area contributed by atoms with Gasteiger partial charge in [0.05, 0.1) is 18.2 Å². The van der Waals surface area contributed by atoms with E-state index in [0.717, 1.165) is 6.42 Å². The summed E-state index contributed by atoms with van der Waals surface area (Å²) in [5.74, 6) is 0.203. The van der Waals surface area contributed by atoms with Gasteiger partial charge in [0.15, 0.2) is 11.5 Å². The van der Waals surface area contributed by atoms with E-state index in [2.05, 4.69) is 13.8 Å². The first kappa shape index (κ1) is 23.6. The maximum atomic E-state index is 13.3. The molecular weight excluding hydrogens is 410 g/mol. The number of aryl methyl sites for hydroxylation is 1. The lowest BCUT2D eigenvalue weighted by molar-refractivity contribution is -0.129. The standard InChI is InChI=1S/C25H31NO6/c1-16(2)11-14-31-19-8-5-7-18(15-19)22-21(23(27)20-10-9-17(3)32-20)24(28)25(29)26(22)12-6-13-30-4/h5,7-10,15-16,22,28H,6,11-14H2,1-4H3. The van der Waals surface area contributed by atoms with E-state index in [1.165, 1.54) is 4.90 Å². The van der Waals surface area contributed by atoms with Crippen molar-refractivity contribution in [1.82, 2.24) is 4.90 Å². The second kappa shape index (κ2) is 10.5. The number of rotatable bonds is 11. The molecule has 1 atom stereocenters. The monoisotopic (exact) mass is 441 g/mol. The average Bonchev–Trinajstić information content (AvgIpc) is 3.30. The minimum absolute atomic E-state index is 0.0149. The fourth-order valence-corrected chi connectivity index (χ4v) is 3.72. The van der Waals surface area contributed by atoms with Gasteiger partial charge in [-0.3, -0.25) is 9.59 Å². The van der Waals surface area contributed by atoms with Crippen LogP contribution in [0.4, 0.5) is 0 Å². The van der Waals surface area contributed by atoms with E-state index in [4.69, 9.17) is 13.9 Å². The van der Waals surface area contributed by atoms with Gasteiger partial charge in [-0.1, -0.05) is 26.0 Å². The molecule has 0 bridgehead atoms. The lowest BCUT2D eigenvalue weighted by Gasteiger charge is -2.27. The van der Waals surface area contributed by atoms with Crippen LogP contribution in [0, 0.1) is 12.8 Å². The lowest BCUT2D eigenvalue weighted by atomic mass is 9.95. The number of carbonyl (C=O) groups excluding carboxylic acids is 2. The third kappa shape index (κ3) is 5.22. The van der Waals surface area contributed by atoms with Crippen molar-refractivity contribution in [1.29, 1.82) is 0 Å². The third-order valence-corrected chi connectivity index (χ3v) is 5.40. The van der Waals surface area contributed by atoms with Crippen molar-refractivity contribution in [3.63, 3.8) is 0 Å². The largest absolute Gasteiger partial charge is 0.503 e. The fourth-order valence-electron chi connectivity index (χ4n) is 3.72. The highest BCUT2D eigenvalue weighted by Crippen LogP contribution is 2.40. The van der Waals surface area contributed by atoms with Gasteiger partial charge in [0.1, 0.15) is 11.5 Å². The van der Waals surface area contributed by atoms with Gasteiger partial charge in [-0.15, -0.1) is 0 Å². The number of nitrogens with zero attached hydrogens (tertiary/aromatic N) is 1. The molecule has 2 heterocycles. The minimum atomic E-state index is -0.745. The smallest absolute Gasteiger partial charge is 0.290 e. The number of aliphatic hydroxyl groups excluding tert-OH is 1. The van der Waals surface area contributed by atoms with E-state index in [-0.39, 0.29) is 11.3 Å². The minimum Gasteiger partial charge on any atom is -0.503 e. The Balaban J connectivity index is 1.96. The molecule has 3 rings (SSSR count).